The second kappa shape index (κ2) is 3.19. The highest BCUT2D eigenvalue weighted by Crippen LogP contribution is 2.14. The SMILES string of the molecule is Cc1ccc(C)c(NC=N)c1. The first kappa shape index (κ1) is 7.79. The van der Waals surface area contributed by atoms with Crippen LogP contribution in [0.4, 0.5) is 5.69 Å². The highest BCUT2D eigenvalue weighted by atomic mass is 14.9. The van der Waals surface area contributed by atoms with Crippen molar-refractivity contribution in [2.24, 2.45) is 0 Å². The topological polar surface area (TPSA) is 35.9 Å². The molecule has 2 N–H and O–H groups in total. The van der Waals surface area contributed by atoms with Gasteiger partial charge in [0.2, 0.25) is 0 Å². The van der Waals surface area contributed by atoms with Crippen molar-refractivity contribution in [2.75, 3.05) is 5.32 Å². The van der Waals surface area contributed by atoms with Crippen molar-refractivity contribution < 1.29 is 0 Å². The minimum absolute atomic E-state index is 1.01. The van der Waals surface area contributed by atoms with E-state index in [2.05, 4.69) is 11.4 Å². The maximum atomic E-state index is 6.87. The summed E-state index contributed by atoms with van der Waals surface area (Å²) in [5, 5.41) is 9.73. The number of aryl methyl sites for hydroxylation is 2. The van der Waals surface area contributed by atoms with Crippen LogP contribution in [0.15, 0.2) is 18.2 Å². The molecule has 0 radical (unpaired) electrons. The molecule has 0 saturated heterocycles. The van der Waals surface area contributed by atoms with Gasteiger partial charge >= 0.3 is 0 Å². The molecule has 0 bridgehead atoms. The minimum Gasteiger partial charge on any atom is -0.347 e. The lowest BCUT2D eigenvalue weighted by Crippen LogP contribution is -1.95. The molecular formula is C9H12N2. The van der Waals surface area contributed by atoms with Gasteiger partial charge in [-0.3, -0.25) is 5.41 Å². The highest BCUT2D eigenvalue weighted by Gasteiger charge is 1.94. The van der Waals surface area contributed by atoms with Gasteiger partial charge in [0.25, 0.3) is 0 Å². The number of hydrogen-bond donors (Lipinski definition) is 2. The molecule has 11 heavy (non-hydrogen) atoms. The molecular weight excluding hydrogens is 136 g/mol. The Morgan fingerprint density at radius 3 is 2.73 bits per heavy atom. The molecule has 0 saturated carbocycles. The summed E-state index contributed by atoms with van der Waals surface area (Å²) in [5.41, 5.74) is 3.39. The van der Waals surface area contributed by atoms with Crippen LogP contribution in [0, 0.1) is 19.3 Å². The highest BCUT2D eigenvalue weighted by molar-refractivity contribution is 5.75. The van der Waals surface area contributed by atoms with Crippen molar-refractivity contribution in [2.45, 2.75) is 13.8 Å². The van der Waals surface area contributed by atoms with Crippen molar-refractivity contribution >= 4 is 12.0 Å². The van der Waals surface area contributed by atoms with Crippen LogP contribution in [-0.4, -0.2) is 6.34 Å². The number of rotatable bonds is 2. The van der Waals surface area contributed by atoms with Crippen LogP contribution in [0.3, 0.4) is 0 Å². The fourth-order valence-electron chi connectivity index (χ4n) is 0.969. The Balaban J connectivity index is 3.01. The average Bonchev–Trinajstić information content (AvgIpc) is 1.98. The van der Waals surface area contributed by atoms with E-state index in [1.165, 1.54) is 17.5 Å². The number of anilines is 1. The third kappa shape index (κ3) is 1.80. The Morgan fingerprint density at radius 2 is 2.09 bits per heavy atom. The Morgan fingerprint density at radius 1 is 1.36 bits per heavy atom. The van der Waals surface area contributed by atoms with E-state index in [0.29, 0.717) is 0 Å². The second-order valence-corrected chi connectivity index (χ2v) is 2.61. The number of hydrogen-bond acceptors (Lipinski definition) is 1. The predicted octanol–water partition coefficient (Wildman–Crippen LogP) is 2.32. The summed E-state index contributed by atoms with van der Waals surface area (Å²) >= 11 is 0. The third-order valence-corrected chi connectivity index (χ3v) is 1.62. The molecule has 2 nitrogen and oxygen atoms in total. The zero-order chi connectivity index (χ0) is 8.27. The van der Waals surface area contributed by atoms with Gasteiger partial charge in [-0.05, 0) is 31.0 Å². The summed E-state index contributed by atoms with van der Waals surface area (Å²) < 4.78 is 0. The standard InChI is InChI=1S/C9H12N2/c1-7-3-4-8(2)9(5-7)11-6-10/h3-6H,1-2H3,(H2,10,11). The molecule has 0 amide bonds. The molecule has 0 spiro atoms. The van der Waals surface area contributed by atoms with E-state index in [0.717, 1.165) is 5.69 Å². The molecule has 1 rings (SSSR count). The maximum absolute atomic E-state index is 6.87. The van der Waals surface area contributed by atoms with Crippen LogP contribution in [0.25, 0.3) is 0 Å². The largest absolute Gasteiger partial charge is 0.347 e. The van der Waals surface area contributed by atoms with Gasteiger partial charge in [0, 0.05) is 5.69 Å². The summed E-state index contributed by atoms with van der Waals surface area (Å²) in [6.45, 7) is 4.06. The van der Waals surface area contributed by atoms with E-state index < -0.39 is 0 Å². The minimum atomic E-state index is 1.01. The van der Waals surface area contributed by atoms with Gasteiger partial charge in [-0.25, -0.2) is 0 Å². The molecule has 58 valence electrons. The summed E-state index contributed by atoms with van der Waals surface area (Å²) in [5.74, 6) is 0. The molecule has 0 aromatic heterocycles. The van der Waals surface area contributed by atoms with Crippen molar-refractivity contribution in [1.29, 1.82) is 5.41 Å². The van der Waals surface area contributed by atoms with Gasteiger partial charge in [-0.1, -0.05) is 12.1 Å². The smallest absolute Gasteiger partial charge is 0.0835 e. The second-order valence-electron chi connectivity index (χ2n) is 2.61. The van der Waals surface area contributed by atoms with E-state index in [1.807, 2.05) is 26.0 Å². The fraction of sp³-hybridized carbons (Fsp3) is 0.222. The molecule has 0 aliphatic heterocycles. The lowest BCUT2D eigenvalue weighted by molar-refractivity contribution is 1.39. The lowest BCUT2D eigenvalue weighted by atomic mass is 10.1. The van der Waals surface area contributed by atoms with Crippen molar-refractivity contribution in [3.63, 3.8) is 0 Å². The molecule has 0 aliphatic carbocycles. The van der Waals surface area contributed by atoms with Crippen LogP contribution < -0.4 is 5.32 Å². The van der Waals surface area contributed by atoms with Crippen LogP contribution in [0.5, 0.6) is 0 Å². The summed E-state index contributed by atoms with van der Waals surface area (Å²) in [6, 6.07) is 6.13. The first-order chi connectivity index (χ1) is 5.24. The average molecular weight is 148 g/mol. The lowest BCUT2D eigenvalue weighted by Gasteiger charge is -2.04. The maximum Gasteiger partial charge on any atom is 0.0835 e. The third-order valence-electron chi connectivity index (χ3n) is 1.62. The van der Waals surface area contributed by atoms with Crippen molar-refractivity contribution in [1.82, 2.24) is 0 Å². The summed E-state index contributed by atoms with van der Waals surface area (Å²) in [6.07, 6.45) is 1.20. The van der Waals surface area contributed by atoms with Crippen LogP contribution in [-0.2, 0) is 0 Å². The predicted molar refractivity (Wildman–Crippen MR) is 48.3 cm³/mol. The Hall–Kier alpha value is -1.31. The van der Waals surface area contributed by atoms with E-state index >= 15 is 0 Å². The van der Waals surface area contributed by atoms with Crippen LogP contribution in [0.1, 0.15) is 11.1 Å². The van der Waals surface area contributed by atoms with Crippen molar-refractivity contribution in [3.05, 3.63) is 29.3 Å². The zero-order valence-corrected chi connectivity index (χ0v) is 6.81. The zero-order valence-electron chi connectivity index (χ0n) is 6.81. The van der Waals surface area contributed by atoms with E-state index in [1.54, 1.807) is 0 Å². The Kier molecular flexibility index (Phi) is 2.26. The Labute approximate surface area is 66.8 Å². The number of benzene rings is 1. The van der Waals surface area contributed by atoms with E-state index in [4.69, 9.17) is 5.41 Å². The van der Waals surface area contributed by atoms with E-state index in [9.17, 15) is 0 Å². The fourth-order valence-corrected chi connectivity index (χ4v) is 0.969. The van der Waals surface area contributed by atoms with Crippen molar-refractivity contribution in [3.8, 4) is 0 Å². The molecule has 0 unspecified atom stereocenters. The van der Waals surface area contributed by atoms with Gasteiger partial charge < -0.3 is 5.32 Å². The molecule has 2 heteroatoms. The summed E-state index contributed by atoms with van der Waals surface area (Å²) in [4.78, 5) is 0. The molecule has 0 fully saturated rings. The molecule has 0 heterocycles. The Bertz CT molecular complexity index is 266. The van der Waals surface area contributed by atoms with Crippen LogP contribution in [0.2, 0.25) is 0 Å². The first-order valence-corrected chi connectivity index (χ1v) is 3.57. The van der Waals surface area contributed by atoms with Gasteiger partial charge in [-0.15, -0.1) is 0 Å². The molecule has 1 aromatic carbocycles. The van der Waals surface area contributed by atoms with Gasteiger partial charge in [0.1, 0.15) is 0 Å². The van der Waals surface area contributed by atoms with Gasteiger partial charge in [-0.2, -0.15) is 0 Å². The van der Waals surface area contributed by atoms with Gasteiger partial charge in [0.15, 0.2) is 0 Å². The summed E-state index contributed by atoms with van der Waals surface area (Å²) in [7, 11) is 0. The van der Waals surface area contributed by atoms with E-state index in [-0.39, 0.29) is 0 Å². The quantitative estimate of drug-likeness (QED) is 0.490. The molecule has 0 atom stereocenters. The molecule has 1 aromatic rings. The first-order valence-electron chi connectivity index (χ1n) is 3.57. The monoisotopic (exact) mass is 148 g/mol. The normalized spacial score (nSPS) is 9.27. The van der Waals surface area contributed by atoms with Gasteiger partial charge in [0.05, 0.1) is 6.34 Å². The molecule has 0 aliphatic rings. The number of nitrogens with one attached hydrogen (secondary N) is 2. The van der Waals surface area contributed by atoms with Crippen LogP contribution >= 0.6 is 0 Å².